The van der Waals surface area contributed by atoms with Gasteiger partial charge in [-0.3, -0.25) is 14.3 Å². The number of aromatic nitrogens is 6. The first-order valence-electron chi connectivity index (χ1n) is 11.5. The first-order chi connectivity index (χ1) is 15.6. The fraction of sp³-hybridized carbons (Fsp3) is 0.522. The average Bonchev–Trinajstić information content (AvgIpc) is 3.51. The van der Waals surface area contributed by atoms with Crippen LogP contribution in [0.1, 0.15) is 44.5 Å². The third kappa shape index (κ3) is 4.57. The van der Waals surface area contributed by atoms with Crippen molar-refractivity contribution < 1.29 is 0 Å². The van der Waals surface area contributed by atoms with Gasteiger partial charge in [0, 0.05) is 43.3 Å². The van der Waals surface area contributed by atoms with Crippen molar-refractivity contribution in [3.63, 3.8) is 0 Å². The van der Waals surface area contributed by atoms with E-state index in [0.29, 0.717) is 17.4 Å². The molecule has 0 amide bonds. The molecule has 32 heavy (non-hydrogen) atoms. The van der Waals surface area contributed by atoms with E-state index >= 15 is 0 Å². The number of hydrogen-bond donors (Lipinski definition) is 1. The molecule has 5 rings (SSSR count). The van der Waals surface area contributed by atoms with Gasteiger partial charge >= 0.3 is 0 Å². The second-order valence-electron chi connectivity index (χ2n) is 9.03. The summed E-state index contributed by atoms with van der Waals surface area (Å²) < 4.78 is 3.36. The van der Waals surface area contributed by atoms with Gasteiger partial charge in [-0.15, -0.1) is 5.10 Å². The number of hydrogen-bond acceptors (Lipinski definition) is 7. The minimum atomic E-state index is -0.301. The smallest absolute Gasteiger partial charge is 0.254 e. The van der Waals surface area contributed by atoms with Gasteiger partial charge in [0.05, 0.1) is 18.1 Å². The molecule has 1 N–H and O–H groups in total. The van der Waals surface area contributed by atoms with Crippen LogP contribution in [0, 0.1) is 12.8 Å². The molecule has 3 aromatic heterocycles. The lowest BCUT2D eigenvalue weighted by molar-refractivity contribution is 0.403. The zero-order valence-corrected chi connectivity index (χ0v) is 18.7. The Bertz CT molecular complexity index is 1130. The highest BCUT2D eigenvalue weighted by molar-refractivity contribution is 5.50. The van der Waals surface area contributed by atoms with Crippen molar-refractivity contribution in [1.29, 1.82) is 0 Å². The van der Waals surface area contributed by atoms with Crippen LogP contribution in [0.4, 0.5) is 5.69 Å². The maximum Gasteiger partial charge on any atom is 0.254 e. The molecule has 0 aromatic carbocycles. The van der Waals surface area contributed by atoms with Crippen LogP contribution in [0.25, 0.3) is 11.4 Å². The van der Waals surface area contributed by atoms with Crippen molar-refractivity contribution in [3.05, 3.63) is 53.0 Å². The molecule has 1 aliphatic heterocycles. The molecule has 2 fully saturated rings. The van der Waals surface area contributed by atoms with Crippen molar-refractivity contribution in [1.82, 2.24) is 34.8 Å². The molecule has 9 heteroatoms. The summed E-state index contributed by atoms with van der Waals surface area (Å²) in [5.41, 5.74) is 3.07. The van der Waals surface area contributed by atoms with E-state index in [-0.39, 0.29) is 11.7 Å². The van der Waals surface area contributed by atoms with E-state index in [2.05, 4.69) is 30.5 Å². The molecule has 2 aliphatic rings. The van der Waals surface area contributed by atoms with E-state index in [0.717, 1.165) is 43.4 Å². The predicted molar refractivity (Wildman–Crippen MR) is 123 cm³/mol. The van der Waals surface area contributed by atoms with Crippen LogP contribution in [-0.2, 0) is 0 Å². The van der Waals surface area contributed by atoms with E-state index in [9.17, 15) is 4.79 Å². The minimum Gasteiger partial charge on any atom is -0.370 e. The van der Waals surface area contributed by atoms with Crippen molar-refractivity contribution >= 4 is 5.69 Å². The lowest BCUT2D eigenvalue weighted by Gasteiger charge is -2.35. The third-order valence-corrected chi connectivity index (χ3v) is 6.42. The number of pyridine rings is 1. The van der Waals surface area contributed by atoms with Gasteiger partial charge in [0.1, 0.15) is 17.6 Å². The van der Waals surface area contributed by atoms with Gasteiger partial charge < -0.3 is 10.2 Å². The van der Waals surface area contributed by atoms with Crippen molar-refractivity contribution in [2.45, 2.75) is 51.7 Å². The summed E-state index contributed by atoms with van der Waals surface area (Å²) in [6.07, 6.45) is 11.8. The highest BCUT2D eigenvalue weighted by atomic mass is 16.1. The third-order valence-electron chi connectivity index (χ3n) is 6.42. The van der Waals surface area contributed by atoms with E-state index in [1.165, 1.54) is 19.3 Å². The molecular formula is C23H30N8O. The zero-order valence-electron chi connectivity index (χ0n) is 18.7. The monoisotopic (exact) mass is 434 g/mol. The van der Waals surface area contributed by atoms with E-state index < -0.39 is 0 Å². The van der Waals surface area contributed by atoms with Gasteiger partial charge in [0.25, 0.3) is 5.56 Å². The molecule has 2 atom stereocenters. The fourth-order valence-corrected chi connectivity index (χ4v) is 4.31. The molecule has 0 radical (unpaired) electrons. The largest absolute Gasteiger partial charge is 0.370 e. The average molecular weight is 435 g/mol. The maximum absolute atomic E-state index is 13.0. The normalized spacial score (nSPS) is 19.8. The number of nitrogens with zero attached hydrogens (tertiary/aromatic N) is 7. The lowest BCUT2D eigenvalue weighted by Crippen LogP contribution is -2.46. The van der Waals surface area contributed by atoms with Gasteiger partial charge in [0.15, 0.2) is 0 Å². The highest BCUT2D eigenvalue weighted by Gasteiger charge is 2.25. The first-order valence-corrected chi connectivity index (χ1v) is 11.5. The zero-order chi connectivity index (χ0) is 22.1. The molecule has 0 spiro atoms. The Morgan fingerprint density at radius 2 is 2.09 bits per heavy atom. The molecule has 168 valence electrons. The molecule has 1 saturated heterocycles. The number of nitrogens with one attached hydrogen (secondary N) is 1. The van der Waals surface area contributed by atoms with Crippen LogP contribution >= 0.6 is 0 Å². The SMILES string of the molecule is Cc1cncc(-c2cn(C(C)n3ccc(N4CCC[C@@H](NCC5CC5)C4)cc3=O)nn2)n1. The molecule has 3 aromatic rings. The van der Waals surface area contributed by atoms with Crippen molar-refractivity contribution in [2.75, 3.05) is 24.5 Å². The predicted octanol–water partition coefficient (Wildman–Crippen LogP) is 2.24. The van der Waals surface area contributed by atoms with E-state index in [4.69, 9.17) is 0 Å². The van der Waals surface area contributed by atoms with Crippen LogP contribution in [0.15, 0.2) is 41.7 Å². The Hall–Kier alpha value is -3.07. The topological polar surface area (TPSA) is 93.8 Å². The summed E-state index contributed by atoms with van der Waals surface area (Å²) in [5, 5.41) is 12.2. The quantitative estimate of drug-likeness (QED) is 0.609. The van der Waals surface area contributed by atoms with Crippen LogP contribution in [0.5, 0.6) is 0 Å². The van der Waals surface area contributed by atoms with Gasteiger partial charge in [0.2, 0.25) is 0 Å². The minimum absolute atomic E-state index is 0.0459. The van der Waals surface area contributed by atoms with Crippen LogP contribution in [0.3, 0.4) is 0 Å². The Kier molecular flexibility index (Phi) is 5.73. The van der Waals surface area contributed by atoms with Gasteiger partial charge in [-0.25, -0.2) is 9.67 Å². The molecule has 1 unspecified atom stereocenters. The Labute approximate surface area is 187 Å². The first kappa shape index (κ1) is 20.8. The second-order valence-corrected chi connectivity index (χ2v) is 9.03. The Morgan fingerprint density at radius 3 is 2.88 bits per heavy atom. The van der Waals surface area contributed by atoms with Crippen LogP contribution < -0.4 is 15.8 Å². The molecule has 4 heterocycles. The Morgan fingerprint density at radius 1 is 1.22 bits per heavy atom. The van der Waals surface area contributed by atoms with E-state index in [1.54, 1.807) is 33.9 Å². The summed E-state index contributed by atoms with van der Waals surface area (Å²) in [7, 11) is 0. The Balaban J connectivity index is 1.29. The number of aryl methyl sites for hydroxylation is 1. The molecule has 9 nitrogen and oxygen atoms in total. The second kappa shape index (κ2) is 8.82. The van der Waals surface area contributed by atoms with Crippen LogP contribution in [0.2, 0.25) is 0 Å². The van der Waals surface area contributed by atoms with Gasteiger partial charge in [-0.05, 0) is 58.1 Å². The fourth-order valence-electron chi connectivity index (χ4n) is 4.31. The molecule has 1 saturated carbocycles. The van der Waals surface area contributed by atoms with E-state index in [1.807, 2.05) is 26.1 Å². The van der Waals surface area contributed by atoms with Crippen molar-refractivity contribution in [3.8, 4) is 11.4 Å². The summed E-state index contributed by atoms with van der Waals surface area (Å²) in [6.45, 7) is 6.89. The lowest BCUT2D eigenvalue weighted by atomic mass is 10.0. The maximum atomic E-state index is 13.0. The van der Waals surface area contributed by atoms with Crippen LogP contribution in [-0.4, -0.2) is 55.2 Å². The summed E-state index contributed by atoms with van der Waals surface area (Å²) in [5.74, 6) is 0.881. The van der Waals surface area contributed by atoms with Crippen molar-refractivity contribution in [2.24, 2.45) is 5.92 Å². The summed E-state index contributed by atoms with van der Waals surface area (Å²) >= 11 is 0. The van der Waals surface area contributed by atoms with Gasteiger partial charge in [-0.1, -0.05) is 5.21 Å². The number of rotatable bonds is 7. The molecular weight excluding hydrogens is 404 g/mol. The molecule has 0 bridgehead atoms. The summed E-state index contributed by atoms with van der Waals surface area (Å²) in [4.78, 5) is 23.9. The summed E-state index contributed by atoms with van der Waals surface area (Å²) in [6, 6.07) is 4.28. The number of anilines is 1. The highest BCUT2D eigenvalue weighted by Crippen LogP contribution is 2.28. The number of piperidine rings is 1. The standard InChI is InChI=1S/C23H30N8O/c1-16-11-24-13-21(26-16)22-15-31(28-27-22)17(2)30-9-7-20(10-23(30)32)29-8-3-4-19(14-29)25-12-18-5-6-18/h7,9-11,13,15,17-19,25H,3-6,8,12,14H2,1-2H3/t17?,19-/m1/s1. The van der Waals surface area contributed by atoms with Gasteiger partial charge in [-0.2, -0.15) is 0 Å². The molecule has 1 aliphatic carbocycles.